The zero-order valence-corrected chi connectivity index (χ0v) is 8.69. The van der Waals surface area contributed by atoms with E-state index in [0.29, 0.717) is 11.7 Å². The van der Waals surface area contributed by atoms with Gasteiger partial charge in [0.05, 0.1) is 5.69 Å². The lowest BCUT2D eigenvalue weighted by Gasteiger charge is -2.01. The number of thioether (sulfide) groups is 1. The zero-order chi connectivity index (χ0) is 9.97. The molecule has 0 amide bonds. The summed E-state index contributed by atoms with van der Waals surface area (Å²) in [6, 6.07) is 0. The molecular weight excluding hydrogens is 198 g/mol. The SMILES string of the molecule is NCCSc1nc2c(c(=O)[nH]1)CCC2. The Labute approximate surface area is 86.3 Å². The van der Waals surface area contributed by atoms with Crippen LogP contribution in [0.15, 0.2) is 9.95 Å². The van der Waals surface area contributed by atoms with E-state index >= 15 is 0 Å². The van der Waals surface area contributed by atoms with Crippen molar-refractivity contribution in [3.63, 3.8) is 0 Å². The largest absolute Gasteiger partial charge is 0.330 e. The van der Waals surface area contributed by atoms with Gasteiger partial charge in [0.1, 0.15) is 0 Å². The van der Waals surface area contributed by atoms with E-state index in [2.05, 4.69) is 9.97 Å². The van der Waals surface area contributed by atoms with Crippen molar-refractivity contribution in [2.75, 3.05) is 12.3 Å². The molecule has 0 fully saturated rings. The number of rotatable bonds is 3. The van der Waals surface area contributed by atoms with Crippen LogP contribution in [0.25, 0.3) is 0 Å². The molecule has 1 aromatic rings. The van der Waals surface area contributed by atoms with E-state index in [1.807, 2.05) is 0 Å². The van der Waals surface area contributed by atoms with Gasteiger partial charge in [0.25, 0.3) is 5.56 Å². The average Bonchev–Trinajstić information content (AvgIpc) is 2.63. The third-order valence-corrected chi connectivity index (χ3v) is 3.18. The first kappa shape index (κ1) is 9.73. The third-order valence-electron chi connectivity index (χ3n) is 2.28. The smallest absolute Gasteiger partial charge is 0.254 e. The van der Waals surface area contributed by atoms with Crippen molar-refractivity contribution in [2.45, 2.75) is 24.4 Å². The van der Waals surface area contributed by atoms with Crippen LogP contribution in [0, 0.1) is 0 Å². The number of aromatic nitrogens is 2. The minimum atomic E-state index is 0.0343. The molecule has 1 aliphatic rings. The Balaban J connectivity index is 2.28. The summed E-state index contributed by atoms with van der Waals surface area (Å²) in [4.78, 5) is 18.7. The fourth-order valence-corrected chi connectivity index (χ4v) is 2.29. The van der Waals surface area contributed by atoms with E-state index in [9.17, 15) is 4.79 Å². The van der Waals surface area contributed by atoms with Gasteiger partial charge in [-0.15, -0.1) is 0 Å². The Bertz CT molecular complexity index is 388. The van der Waals surface area contributed by atoms with Crippen LogP contribution in [-0.2, 0) is 12.8 Å². The molecule has 0 aromatic carbocycles. The molecular formula is C9H13N3OS. The van der Waals surface area contributed by atoms with Crippen molar-refractivity contribution < 1.29 is 0 Å². The van der Waals surface area contributed by atoms with Gasteiger partial charge in [0.15, 0.2) is 5.16 Å². The molecule has 0 bridgehead atoms. The summed E-state index contributed by atoms with van der Waals surface area (Å²) in [5.41, 5.74) is 7.28. The van der Waals surface area contributed by atoms with Crippen molar-refractivity contribution >= 4 is 11.8 Å². The maximum atomic E-state index is 11.6. The number of nitrogens with two attached hydrogens (primary N) is 1. The van der Waals surface area contributed by atoms with Gasteiger partial charge in [0, 0.05) is 17.9 Å². The molecule has 0 atom stereocenters. The minimum Gasteiger partial charge on any atom is -0.330 e. The molecule has 0 aliphatic heterocycles. The first-order chi connectivity index (χ1) is 6.81. The molecule has 1 heterocycles. The second kappa shape index (κ2) is 4.14. The molecule has 14 heavy (non-hydrogen) atoms. The van der Waals surface area contributed by atoms with Gasteiger partial charge in [-0.2, -0.15) is 0 Å². The number of hydrogen-bond acceptors (Lipinski definition) is 4. The Kier molecular flexibility index (Phi) is 2.88. The fraction of sp³-hybridized carbons (Fsp3) is 0.556. The van der Waals surface area contributed by atoms with Gasteiger partial charge in [-0.05, 0) is 19.3 Å². The van der Waals surface area contributed by atoms with E-state index in [1.54, 1.807) is 0 Å². The molecule has 5 heteroatoms. The summed E-state index contributed by atoms with van der Waals surface area (Å²) in [6.45, 7) is 0.603. The third kappa shape index (κ3) is 1.83. The predicted octanol–water partition coefficient (Wildman–Crippen LogP) is 0.309. The molecule has 0 saturated carbocycles. The van der Waals surface area contributed by atoms with E-state index in [1.165, 1.54) is 11.8 Å². The van der Waals surface area contributed by atoms with Crippen molar-refractivity contribution in [2.24, 2.45) is 5.73 Å². The van der Waals surface area contributed by atoms with Crippen LogP contribution in [-0.4, -0.2) is 22.3 Å². The first-order valence-corrected chi connectivity index (χ1v) is 5.75. The molecule has 2 rings (SSSR count). The van der Waals surface area contributed by atoms with Gasteiger partial charge in [0.2, 0.25) is 0 Å². The molecule has 3 N–H and O–H groups in total. The molecule has 1 aromatic heterocycles. The van der Waals surface area contributed by atoms with Crippen LogP contribution in [0.4, 0.5) is 0 Å². The van der Waals surface area contributed by atoms with Crippen LogP contribution < -0.4 is 11.3 Å². The topological polar surface area (TPSA) is 71.8 Å². The number of hydrogen-bond donors (Lipinski definition) is 2. The number of aromatic amines is 1. The van der Waals surface area contributed by atoms with E-state index in [4.69, 9.17) is 5.73 Å². The Morgan fingerprint density at radius 3 is 3.14 bits per heavy atom. The molecule has 0 radical (unpaired) electrons. The van der Waals surface area contributed by atoms with Gasteiger partial charge in [-0.1, -0.05) is 11.8 Å². The highest BCUT2D eigenvalue weighted by Crippen LogP contribution is 2.18. The maximum absolute atomic E-state index is 11.6. The number of nitrogens with zero attached hydrogens (tertiary/aromatic N) is 1. The number of fused-ring (bicyclic) bond motifs is 1. The number of nitrogens with one attached hydrogen (secondary N) is 1. The lowest BCUT2D eigenvalue weighted by molar-refractivity contribution is 0.869. The minimum absolute atomic E-state index is 0.0343. The maximum Gasteiger partial charge on any atom is 0.254 e. The van der Waals surface area contributed by atoms with Gasteiger partial charge < -0.3 is 10.7 Å². The fourth-order valence-electron chi connectivity index (χ4n) is 1.64. The normalized spacial score (nSPS) is 14.4. The van der Waals surface area contributed by atoms with E-state index in [-0.39, 0.29) is 5.56 Å². The van der Waals surface area contributed by atoms with Crippen molar-refractivity contribution in [1.82, 2.24) is 9.97 Å². The van der Waals surface area contributed by atoms with Crippen LogP contribution in [0.3, 0.4) is 0 Å². The highest BCUT2D eigenvalue weighted by Gasteiger charge is 2.16. The summed E-state index contributed by atoms with van der Waals surface area (Å²) in [5, 5.41) is 0.709. The summed E-state index contributed by atoms with van der Waals surface area (Å²) in [6.07, 6.45) is 2.87. The summed E-state index contributed by atoms with van der Waals surface area (Å²) in [7, 11) is 0. The number of aryl methyl sites for hydroxylation is 1. The van der Waals surface area contributed by atoms with Gasteiger partial charge in [-0.3, -0.25) is 4.79 Å². The van der Waals surface area contributed by atoms with Crippen LogP contribution in [0.5, 0.6) is 0 Å². The highest BCUT2D eigenvalue weighted by molar-refractivity contribution is 7.99. The molecule has 0 saturated heterocycles. The van der Waals surface area contributed by atoms with Gasteiger partial charge >= 0.3 is 0 Å². The van der Waals surface area contributed by atoms with Gasteiger partial charge in [-0.25, -0.2) is 4.98 Å². The average molecular weight is 211 g/mol. The second-order valence-electron chi connectivity index (χ2n) is 3.29. The van der Waals surface area contributed by atoms with Crippen molar-refractivity contribution in [1.29, 1.82) is 0 Å². The second-order valence-corrected chi connectivity index (χ2v) is 4.37. The lowest BCUT2D eigenvalue weighted by atomic mass is 10.3. The summed E-state index contributed by atoms with van der Waals surface area (Å²) in [5.74, 6) is 0.793. The summed E-state index contributed by atoms with van der Waals surface area (Å²) < 4.78 is 0. The molecule has 1 aliphatic carbocycles. The van der Waals surface area contributed by atoms with Crippen LogP contribution >= 0.6 is 11.8 Å². The molecule has 0 spiro atoms. The van der Waals surface area contributed by atoms with Crippen molar-refractivity contribution in [3.8, 4) is 0 Å². The van der Waals surface area contributed by atoms with Crippen LogP contribution in [0.1, 0.15) is 17.7 Å². The first-order valence-electron chi connectivity index (χ1n) is 4.76. The Morgan fingerprint density at radius 1 is 1.50 bits per heavy atom. The number of H-pyrrole nitrogens is 1. The molecule has 76 valence electrons. The van der Waals surface area contributed by atoms with E-state index < -0.39 is 0 Å². The monoisotopic (exact) mass is 211 g/mol. The lowest BCUT2D eigenvalue weighted by Crippen LogP contribution is -2.15. The zero-order valence-electron chi connectivity index (χ0n) is 7.88. The standard InChI is InChI=1S/C9H13N3OS/c10-4-5-14-9-11-7-3-1-2-6(7)8(13)12-9/h1-5,10H2,(H,11,12,13). The molecule has 0 unspecified atom stereocenters. The summed E-state index contributed by atoms with van der Waals surface area (Å²) >= 11 is 1.51. The van der Waals surface area contributed by atoms with E-state index in [0.717, 1.165) is 36.3 Å². The molecule has 4 nitrogen and oxygen atoms in total. The highest BCUT2D eigenvalue weighted by atomic mass is 32.2. The quantitative estimate of drug-likeness (QED) is 0.557. The predicted molar refractivity (Wildman–Crippen MR) is 56.7 cm³/mol. The Hall–Kier alpha value is -0.810. The van der Waals surface area contributed by atoms with Crippen molar-refractivity contribution in [3.05, 3.63) is 21.6 Å². The van der Waals surface area contributed by atoms with Crippen LogP contribution in [0.2, 0.25) is 0 Å². The Morgan fingerprint density at radius 2 is 2.36 bits per heavy atom.